The Labute approximate surface area is 90.4 Å². The van der Waals surface area contributed by atoms with Crippen LogP contribution in [-0.4, -0.2) is 11.3 Å². The van der Waals surface area contributed by atoms with Crippen LogP contribution in [0.3, 0.4) is 0 Å². The Kier molecular flexibility index (Phi) is 3.40. The van der Waals surface area contributed by atoms with Crippen LogP contribution in [-0.2, 0) is 6.54 Å². The van der Waals surface area contributed by atoms with E-state index in [9.17, 15) is 18.0 Å². The summed E-state index contributed by atoms with van der Waals surface area (Å²) in [7, 11) is 0. The number of H-pyrrole nitrogens is 1. The van der Waals surface area contributed by atoms with Crippen molar-refractivity contribution in [2.75, 3.05) is 0 Å². The zero-order chi connectivity index (χ0) is 11.6. The first-order chi connectivity index (χ1) is 6.85. The van der Waals surface area contributed by atoms with E-state index in [4.69, 9.17) is 5.73 Å². The highest BCUT2D eigenvalue weighted by molar-refractivity contribution is 9.10. The van der Waals surface area contributed by atoms with E-state index in [0.717, 1.165) is 0 Å². The number of aromatic amines is 1. The Morgan fingerprint density at radius 2 is 2.13 bits per heavy atom. The minimum absolute atomic E-state index is 0.0222. The van der Waals surface area contributed by atoms with Crippen LogP contribution in [0.1, 0.15) is 5.56 Å². The average Bonchev–Trinajstić information content (AvgIpc) is 2.11. The predicted molar refractivity (Wildman–Crippen MR) is 49.3 cm³/mol. The molecule has 15 heavy (non-hydrogen) atoms. The first kappa shape index (κ1) is 12.1. The van der Waals surface area contributed by atoms with E-state index in [0.29, 0.717) is 5.56 Å². The first-order valence-corrected chi connectivity index (χ1v) is 4.50. The maximum Gasteiger partial charge on any atom is 0.573 e. The lowest BCUT2D eigenvalue weighted by molar-refractivity contribution is -0.275. The van der Waals surface area contributed by atoms with Crippen LogP contribution in [0.2, 0.25) is 0 Å². The molecule has 0 radical (unpaired) electrons. The van der Waals surface area contributed by atoms with Crippen LogP contribution in [0.25, 0.3) is 0 Å². The number of rotatable bonds is 2. The van der Waals surface area contributed by atoms with E-state index in [-0.39, 0.29) is 11.0 Å². The zero-order valence-corrected chi connectivity index (χ0v) is 8.78. The molecule has 0 bridgehead atoms. The van der Waals surface area contributed by atoms with Crippen molar-refractivity contribution < 1.29 is 17.9 Å². The van der Waals surface area contributed by atoms with Gasteiger partial charge in [0.2, 0.25) is 5.75 Å². The minimum Gasteiger partial charge on any atom is -0.399 e. The molecule has 8 heteroatoms. The summed E-state index contributed by atoms with van der Waals surface area (Å²) in [4.78, 5) is 13.1. The van der Waals surface area contributed by atoms with E-state index < -0.39 is 17.7 Å². The number of pyridine rings is 1. The standard InChI is InChI=1S/C7H6BrF3N2O2/c8-4-3(1-12)2-13-6(14)5(4)15-7(9,10)11/h2H,1,12H2,(H,13,14). The third kappa shape index (κ3) is 2.96. The van der Waals surface area contributed by atoms with Crippen molar-refractivity contribution in [3.63, 3.8) is 0 Å². The van der Waals surface area contributed by atoms with Gasteiger partial charge in [0.1, 0.15) is 0 Å². The topological polar surface area (TPSA) is 68.1 Å². The van der Waals surface area contributed by atoms with Gasteiger partial charge in [-0.1, -0.05) is 0 Å². The fourth-order valence-electron chi connectivity index (χ4n) is 0.882. The maximum absolute atomic E-state index is 11.9. The zero-order valence-electron chi connectivity index (χ0n) is 7.19. The van der Waals surface area contributed by atoms with Gasteiger partial charge in [-0.25, -0.2) is 0 Å². The molecule has 1 rings (SSSR count). The van der Waals surface area contributed by atoms with Crippen molar-refractivity contribution in [2.45, 2.75) is 12.9 Å². The van der Waals surface area contributed by atoms with E-state index >= 15 is 0 Å². The van der Waals surface area contributed by atoms with Gasteiger partial charge in [-0.2, -0.15) is 0 Å². The smallest absolute Gasteiger partial charge is 0.399 e. The van der Waals surface area contributed by atoms with Crippen molar-refractivity contribution in [3.05, 3.63) is 26.6 Å². The molecular formula is C7H6BrF3N2O2. The summed E-state index contributed by atoms with van der Waals surface area (Å²) in [6.45, 7) is -0.0222. The highest BCUT2D eigenvalue weighted by Gasteiger charge is 2.33. The first-order valence-electron chi connectivity index (χ1n) is 3.71. The molecule has 0 saturated carbocycles. The summed E-state index contributed by atoms with van der Waals surface area (Å²) in [6.07, 6.45) is -3.70. The molecule has 84 valence electrons. The van der Waals surface area contributed by atoms with Crippen LogP contribution in [0, 0.1) is 0 Å². The second-order valence-corrected chi connectivity index (χ2v) is 3.33. The van der Waals surface area contributed by atoms with E-state index in [1.807, 2.05) is 0 Å². The molecule has 0 atom stereocenters. The molecule has 0 unspecified atom stereocenters. The van der Waals surface area contributed by atoms with Gasteiger partial charge in [0, 0.05) is 12.7 Å². The fraction of sp³-hybridized carbons (Fsp3) is 0.286. The molecule has 0 spiro atoms. The lowest BCUT2D eigenvalue weighted by Crippen LogP contribution is -2.23. The minimum atomic E-state index is -4.91. The van der Waals surface area contributed by atoms with Gasteiger partial charge in [0.15, 0.2) is 0 Å². The number of ether oxygens (including phenoxy) is 1. The third-order valence-electron chi connectivity index (χ3n) is 1.50. The maximum atomic E-state index is 11.9. The van der Waals surface area contributed by atoms with Crippen LogP contribution < -0.4 is 16.0 Å². The second kappa shape index (κ2) is 4.23. The molecule has 4 nitrogen and oxygen atoms in total. The summed E-state index contributed by atoms with van der Waals surface area (Å²) >= 11 is 2.82. The second-order valence-electron chi connectivity index (χ2n) is 2.54. The van der Waals surface area contributed by atoms with Crippen molar-refractivity contribution >= 4 is 15.9 Å². The number of alkyl halides is 3. The number of aromatic nitrogens is 1. The summed E-state index contributed by atoms with van der Waals surface area (Å²) in [5.74, 6) is -0.842. The lowest BCUT2D eigenvalue weighted by Gasteiger charge is -2.11. The summed E-state index contributed by atoms with van der Waals surface area (Å²) < 4.78 is 39.2. The van der Waals surface area contributed by atoms with Gasteiger partial charge < -0.3 is 15.5 Å². The number of halogens is 4. The molecule has 0 aliphatic heterocycles. The number of hydrogen-bond acceptors (Lipinski definition) is 3. The molecule has 0 saturated heterocycles. The van der Waals surface area contributed by atoms with Gasteiger partial charge in [0.05, 0.1) is 4.47 Å². The third-order valence-corrected chi connectivity index (χ3v) is 2.37. The summed E-state index contributed by atoms with van der Waals surface area (Å²) in [5.41, 5.74) is 4.58. The predicted octanol–water partition coefficient (Wildman–Crippen LogP) is 1.49. The van der Waals surface area contributed by atoms with Crippen LogP contribution >= 0.6 is 15.9 Å². The monoisotopic (exact) mass is 286 g/mol. The summed E-state index contributed by atoms with van der Waals surface area (Å²) in [5, 5.41) is 0. The molecular weight excluding hydrogens is 281 g/mol. The van der Waals surface area contributed by atoms with Crippen LogP contribution in [0.4, 0.5) is 13.2 Å². The highest BCUT2D eigenvalue weighted by Crippen LogP contribution is 2.28. The summed E-state index contributed by atoms with van der Waals surface area (Å²) in [6, 6.07) is 0. The largest absolute Gasteiger partial charge is 0.573 e. The number of hydrogen-bond donors (Lipinski definition) is 2. The molecule has 0 aliphatic rings. The Morgan fingerprint density at radius 3 is 2.60 bits per heavy atom. The quantitative estimate of drug-likeness (QED) is 0.866. The van der Waals surface area contributed by atoms with Gasteiger partial charge in [-0.3, -0.25) is 4.79 Å². The van der Waals surface area contributed by atoms with Crippen molar-refractivity contribution in [1.29, 1.82) is 0 Å². The average molecular weight is 287 g/mol. The Morgan fingerprint density at radius 1 is 1.53 bits per heavy atom. The Bertz CT molecular complexity index is 416. The molecule has 1 aromatic heterocycles. The highest BCUT2D eigenvalue weighted by atomic mass is 79.9. The van der Waals surface area contributed by atoms with Gasteiger partial charge in [0.25, 0.3) is 5.56 Å². The van der Waals surface area contributed by atoms with Crippen LogP contribution in [0.15, 0.2) is 15.5 Å². The molecule has 0 fully saturated rings. The van der Waals surface area contributed by atoms with Gasteiger partial charge >= 0.3 is 6.36 Å². The molecule has 3 N–H and O–H groups in total. The number of nitrogens with two attached hydrogens (primary N) is 1. The lowest BCUT2D eigenvalue weighted by atomic mass is 10.3. The van der Waals surface area contributed by atoms with E-state index in [1.165, 1.54) is 6.20 Å². The van der Waals surface area contributed by atoms with Gasteiger partial charge in [-0.05, 0) is 21.5 Å². The fourth-order valence-corrected chi connectivity index (χ4v) is 1.42. The molecule has 0 aliphatic carbocycles. The van der Waals surface area contributed by atoms with E-state index in [2.05, 4.69) is 25.7 Å². The van der Waals surface area contributed by atoms with Crippen molar-refractivity contribution in [3.8, 4) is 5.75 Å². The van der Waals surface area contributed by atoms with Crippen molar-refractivity contribution in [2.24, 2.45) is 5.73 Å². The number of nitrogens with one attached hydrogen (secondary N) is 1. The van der Waals surface area contributed by atoms with E-state index in [1.54, 1.807) is 0 Å². The normalized spacial score (nSPS) is 11.5. The van der Waals surface area contributed by atoms with Crippen molar-refractivity contribution in [1.82, 2.24) is 4.98 Å². The van der Waals surface area contributed by atoms with Gasteiger partial charge in [-0.15, -0.1) is 13.2 Å². The Balaban J connectivity index is 3.22. The Hall–Kier alpha value is -1.02. The SMILES string of the molecule is NCc1c[nH]c(=O)c(OC(F)(F)F)c1Br. The molecule has 0 amide bonds. The molecule has 1 aromatic rings. The van der Waals surface area contributed by atoms with Crippen LogP contribution in [0.5, 0.6) is 5.75 Å². The molecule has 0 aromatic carbocycles. The molecule has 1 heterocycles.